The monoisotopic (exact) mass is 276 g/mol. The van der Waals surface area contributed by atoms with Crippen molar-refractivity contribution in [2.45, 2.75) is 13.8 Å². The van der Waals surface area contributed by atoms with Gasteiger partial charge in [0.2, 0.25) is 0 Å². The summed E-state index contributed by atoms with van der Waals surface area (Å²) in [5, 5.41) is 0.992. The minimum absolute atomic E-state index is 0.375. The lowest BCUT2D eigenvalue weighted by Crippen LogP contribution is -1.96. The van der Waals surface area contributed by atoms with Crippen molar-refractivity contribution in [3.63, 3.8) is 0 Å². The van der Waals surface area contributed by atoms with E-state index in [0.29, 0.717) is 21.6 Å². The van der Waals surface area contributed by atoms with Gasteiger partial charge in [0.05, 0.1) is 16.3 Å². The second kappa shape index (κ2) is 5.39. The number of aryl methyl sites for hydroxylation is 2. The minimum atomic E-state index is 0.375. The first-order valence-electron chi connectivity index (χ1n) is 5.35. The van der Waals surface area contributed by atoms with Crippen LogP contribution in [0.3, 0.4) is 0 Å². The van der Waals surface area contributed by atoms with Gasteiger partial charge >= 0.3 is 0 Å². The van der Waals surface area contributed by atoms with E-state index in [4.69, 9.17) is 23.2 Å². The standard InChI is InChI=1S/C14H10Cl2N2/c1-9-12(14(16)18-10(2)17-9)8-7-11-5-3-4-6-13(11)15/h3-6H,1-2H3. The Morgan fingerprint density at radius 3 is 2.39 bits per heavy atom. The fourth-order valence-corrected chi connectivity index (χ4v) is 1.99. The molecule has 4 heteroatoms. The van der Waals surface area contributed by atoms with Gasteiger partial charge in [-0.15, -0.1) is 0 Å². The normalized spacial score (nSPS) is 9.78. The van der Waals surface area contributed by atoms with E-state index in [1.165, 1.54) is 0 Å². The molecule has 0 bridgehead atoms. The summed E-state index contributed by atoms with van der Waals surface area (Å²) in [5.41, 5.74) is 2.17. The summed E-state index contributed by atoms with van der Waals surface area (Å²) in [4.78, 5) is 8.33. The van der Waals surface area contributed by atoms with E-state index in [1.807, 2.05) is 25.1 Å². The second-order valence-electron chi connectivity index (χ2n) is 3.75. The largest absolute Gasteiger partial charge is 0.237 e. The molecule has 0 unspecified atom stereocenters. The van der Waals surface area contributed by atoms with Gasteiger partial charge in [-0.2, -0.15) is 0 Å². The third-order valence-corrected chi connectivity index (χ3v) is 2.96. The zero-order chi connectivity index (χ0) is 13.1. The Hall–Kier alpha value is -1.56. The van der Waals surface area contributed by atoms with E-state index >= 15 is 0 Å². The highest BCUT2D eigenvalue weighted by Gasteiger charge is 2.05. The quantitative estimate of drug-likeness (QED) is 0.540. The lowest BCUT2D eigenvalue weighted by Gasteiger charge is -2.01. The van der Waals surface area contributed by atoms with Crippen molar-refractivity contribution in [2.24, 2.45) is 0 Å². The van der Waals surface area contributed by atoms with Crippen molar-refractivity contribution in [1.29, 1.82) is 0 Å². The maximum atomic E-state index is 6.05. The third kappa shape index (κ3) is 2.81. The molecule has 2 nitrogen and oxygen atoms in total. The topological polar surface area (TPSA) is 25.8 Å². The summed E-state index contributed by atoms with van der Waals surface area (Å²) in [7, 11) is 0. The van der Waals surface area contributed by atoms with E-state index in [0.717, 1.165) is 11.3 Å². The van der Waals surface area contributed by atoms with Crippen molar-refractivity contribution in [3.05, 3.63) is 57.1 Å². The molecule has 0 amide bonds. The van der Waals surface area contributed by atoms with Crippen LogP contribution in [0.5, 0.6) is 0 Å². The first-order valence-corrected chi connectivity index (χ1v) is 6.11. The molecule has 2 aromatic rings. The van der Waals surface area contributed by atoms with Gasteiger partial charge in [0, 0.05) is 5.56 Å². The van der Waals surface area contributed by atoms with Crippen LogP contribution in [-0.2, 0) is 0 Å². The molecular formula is C14H10Cl2N2. The highest BCUT2D eigenvalue weighted by Crippen LogP contribution is 2.17. The molecule has 0 aliphatic heterocycles. The Kier molecular flexibility index (Phi) is 3.86. The van der Waals surface area contributed by atoms with E-state index in [2.05, 4.69) is 21.8 Å². The summed E-state index contributed by atoms with van der Waals surface area (Å²) < 4.78 is 0. The van der Waals surface area contributed by atoms with Gasteiger partial charge in [-0.05, 0) is 26.0 Å². The van der Waals surface area contributed by atoms with Gasteiger partial charge in [-0.25, -0.2) is 9.97 Å². The lowest BCUT2D eigenvalue weighted by molar-refractivity contribution is 1.00. The average Bonchev–Trinajstić information content (AvgIpc) is 2.30. The molecule has 0 radical (unpaired) electrons. The van der Waals surface area contributed by atoms with Crippen LogP contribution >= 0.6 is 23.2 Å². The molecule has 2 rings (SSSR count). The highest BCUT2D eigenvalue weighted by atomic mass is 35.5. The maximum absolute atomic E-state index is 6.05. The van der Waals surface area contributed by atoms with Crippen molar-refractivity contribution in [2.75, 3.05) is 0 Å². The van der Waals surface area contributed by atoms with Crippen LogP contribution in [0.25, 0.3) is 0 Å². The van der Waals surface area contributed by atoms with Gasteiger partial charge in [0.25, 0.3) is 0 Å². The SMILES string of the molecule is Cc1nc(C)c(C#Cc2ccccc2Cl)c(Cl)n1. The highest BCUT2D eigenvalue weighted by molar-refractivity contribution is 6.32. The van der Waals surface area contributed by atoms with Crippen LogP contribution in [0.2, 0.25) is 10.2 Å². The van der Waals surface area contributed by atoms with E-state index in [9.17, 15) is 0 Å². The number of rotatable bonds is 0. The van der Waals surface area contributed by atoms with Crippen molar-refractivity contribution < 1.29 is 0 Å². The lowest BCUT2D eigenvalue weighted by atomic mass is 10.2. The second-order valence-corrected chi connectivity index (χ2v) is 4.52. The van der Waals surface area contributed by atoms with E-state index in [-0.39, 0.29) is 0 Å². The zero-order valence-corrected chi connectivity index (χ0v) is 11.5. The molecule has 1 aromatic carbocycles. The zero-order valence-electron chi connectivity index (χ0n) is 9.96. The van der Waals surface area contributed by atoms with Gasteiger partial charge in [0.1, 0.15) is 11.0 Å². The van der Waals surface area contributed by atoms with Gasteiger partial charge in [-0.1, -0.05) is 47.2 Å². The van der Waals surface area contributed by atoms with E-state index in [1.54, 1.807) is 13.0 Å². The smallest absolute Gasteiger partial charge is 0.148 e. The number of aromatic nitrogens is 2. The molecule has 90 valence electrons. The fraction of sp³-hybridized carbons (Fsp3) is 0.143. The number of nitrogens with zero attached hydrogens (tertiary/aromatic N) is 2. The van der Waals surface area contributed by atoms with Crippen LogP contribution in [0.1, 0.15) is 22.6 Å². The molecule has 1 aromatic heterocycles. The van der Waals surface area contributed by atoms with Crippen molar-refractivity contribution in [3.8, 4) is 11.8 Å². The van der Waals surface area contributed by atoms with Crippen molar-refractivity contribution >= 4 is 23.2 Å². The fourth-order valence-electron chi connectivity index (χ4n) is 1.51. The Labute approximate surface area is 116 Å². The Morgan fingerprint density at radius 2 is 1.72 bits per heavy atom. The van der Waals surface area contributed by atoms with Crippen LogP contribution < -0.4 is 0 Å². The van der Waals surface area contributed by atoms with Crippen molar-refractivity contribution in [1.82, 2.24) is 9.97 Å². The molecule has 18 heavy (non-hydrogen) atoms. The first kappa shape index (κ1) is 12.9. The first-order chi connectivity index (χ1) is 8.58. The predicted molar refractivity (Wildman–Crippen MR) is 73.9 cm³/mol. The molecule has 0 fully saturated rings. The number of hydrogen-bond acceptors (Lipinski definition) is 2. The molecule has 0 spiro atoms. The van der Waals surface area contributed by atoms with Crippen LogP contribution in [0.4, 0.5) is 0 Å². The summed E-state index contributed by atoms with van der Waals surface area (Å²) >= 11 is 12.1. The Bertz CT molecular complexity index is 631. The molecule has 0 saturated carbocycles. The Balaban J connectivity index is 2.46. The summed E-state index contributed by atoms with van der Waals surface area (Å²) in [6.07, 6.45) is 0. The number of benzene rings is 1. The molecule has 0 aliphatic carbocycles. The predicted octanol–water partition coefficient (Wildman–Crippen LogP) is 3.80. The average molecular weight is 277 g/mol. The number of hydrogen-bond donors (Lipinski definition) is 0. The third-order valence-electron chi connectivity index (χ3n) is 2.35. The number of halogens is 2. The molecule has 0 saturated heterocycles. The van der Waals surface area contributed by atoms with Gasteiger partial charge in [-0.3, -0.25) is 0 Å². The van der Waals surface area contributed by atoms with Crippen LogP contribution in [0.15, 0.2) is 24.3 Å². The van der Waals surface area contributed by atoms with Crippen LogP contribution in [-0.4, -0.2) is 9.97 Å². The minimum Gasteiger partial charge on any atom is -0.237 e. The summed E-state index contributed by atoms with van der Waals surface area (Å²) in [5.74, 6) is 6.60. The Morgan fingerprint density at radius 1 is 1.00 bits per heavy atom. The molecule has 0 atom stereocenters. The summed E-state index contributed by atoms with van der Waals surface area (Å²) in [6.45, 7) is 3.65. The summed E-state index contributed by atoms with van der Waals surface area (Å²) in [6, 6.07) is 7.40. The van der Waals surface area contributed by atoms with Gasteiger partial charge < -0.3 is 0 Å². The molecule has 0 aliphatic rings. The van der Waals surface area contributed by atoms with Crippen LogP contribution in [0, 0.1) is 25.7 Å². The molecule has 1 heterocycles. The van der Waals surface area contributed by atoms with E-state index < -0.39 is 0 Å². The maximum Gasteiger partial charge on any atom is 0.148 e. The molecule has 0 N–H and O–H groups in total. The van der Waals surface area contributed by atoms with Gasteiger partial charge in [0.15, 0.2) is 0 Å². The molecular weight excluding hydrogens is 267 g/mol.